The van der Waals surface area contributed by atoms with Gasteiger partial charge in [-0.2, -0.15) is 4.90 Å². The quantitative estimate of drug-likeness (QED) is 0.263. The van der Waals surface area contributed by atoms with Gasteiger partial charge >= 0.3 is 24.0 Å². The number of likely N-dealkylation sites (tertiary alicyclic amines) is 1. The number of benzene rings is 1. The molecule has 1 aliphatic rings. The van der Waals surface area contributed by atoms with Gasteiger partial charge in [0.15, 0.2) is 5.82 Å². The Morgan fingerprint density at radius 1 is 1.02 bits per heavy atom. The summed E-state index contributed by atoms with van der Waals surface area (Å²) in [5.41, 5.74) is 0.737. The normalized spacial score (nSPS) is 16.9. The van der Waals surface area contributed by atoms with E-state index in [2.05, 4.69) is 30.2 Å². The number of hydrogen-bond donors (Lipinski definition) is 1. The molecule has 0 spiro atoms. The summed E-state index contributed by atoms with van der Waals surface area (Å²) in [6, 6.07) is 7.43. The smallest absolute Gasteiger partial charge is 0.425 e. The molecule has 1 saturated heterocycles. The molecule has 1 fully saturated rings. The van der Waals surface area contributed by atoms with Crippen molar-refractivity contribution in [2.75, 3.05) is 16.8 Å². The van der Waals surface area contributed by atoms with E-state index in [1.165, 1.54) is 12.3 Å². The molecule has 3 aromatic rings. The summed E-state index contributed by atoms with van der Waals surface area (Å²) >= 11 is 1.70. The molecule has 4 rings (SSSR count). The Morgan fingerprint density at radius 3 is 2.28 bits per heavy atom. The van der Waals surface area contributed by atoms with E-state index in [9.17, 15) is 19.2 Å². The summed E-state index contributed by atoms with van der Waals surface area (Å²) in [6.07, 6.45) is 4.21. The number of thiazole rings is 1. The third-order valence-corrected chi connectivity index (χ3v) is 8.63. The molecule has 4 amide bonds. The lowest BCUT2D eigenvalue weighted by Gasteiger charge is -2.38. The van der Waals surface area contributed by atoms with Crippen molar-refractivity contribution in [2.24, 2.45) is 5.92 Å². The standard InChI is InChI=1S/C35H47N5O6S/c1-10-11-12-28-38-25-18-23(14-16-27(25)47-28)26-15-13-21(2)20-39(26)31(42)30(41)37-24-17-22(3)29(36-19-24)40(32(43)45-34(4,5)6)33(44)46-35(7,8)9/h14,16-19,21,26H,10-13,15,20H2,1-9H3,(H,37,41)/t21-,26+/m0/s1. The third kappa shape index (κ3) is 9.27. The third-order valence-electron chi connectivity index (χ3n) is 7.53. The molecule has 0 unspecified atom stereocenters. The van der Waals surface area contributed by atoms with Crippen molar-refractivity contribution in [3.8, 4) is 0 Å². The summed E-state index contributed by atoms with van der Waals surface area (Å²) in [5.74, 6) is -1.22. The van der Waals surface area contributed by atoms with Gasteiger partial charge in [-0.1, -0.05) is 26.3 Å². The van der Waals surface area contributed by atoms with E-state index in [-0.39, 0.29) is 23.5 Å². The number of ether oxygens (including phenoxy) is 2. The second kappa shape index (κ2) is 14.4. The molecule has 3 heterocycles. The van der Waals surface area contributed by atoms with Crippen molar-refractivity contribution in [1.29, 1.82) is 0 Å². The van der Waals surface area contributed by atoms with Gasteiger partial charge in [0.25, 0.3) is 0 Å². The number of fused-ring (bicyclic) bond motifs is 1. The lowest BCUT2D eigenvalue weighted by Crippen LogP contribution is -2.46. The molecule has 0 saturated carbocycles. The molecule has 1 N–H and O–H groups in total. The maximum absolute atomic E-state index is 13.7. The highest BCUT2D eigenvalue weighted by molar-refractivity contribution is 7.18. The van der Waals surface area contributed by atoms with Crippen LogP contribution in [0, 0.1) is 12.8 Å². The molecule has 0 radical (unpaired) electrons. The number of aromatic nitrogens is 2. The van der Waals surface area contributed by atoms with Crippen LogP contribution < -0.4 is 10.2 Å². The van der Waals surface area contributed by atoms with E-state index in [1.807, 2.05) is 12.1 Å². The van der Waals surface area contributed by atoms with Crippen LogP contribution in [0.1, 0.15) is 103 Å². The highest BCUT2D eigenvalue weighted by atomic mass is 32.1. The van der Waals surface area contributed by atoms with Gasteiger partial charge in [-0.3, -0.25) is 9.59 Å². The van der Waals surface area contributed by atoms with Crippen LogP contribution >= 0.6 is 11.3 Å². The molecule has 12 heteroatoms. The van der Waals surface area contributed by atoms with E-state index < -0.39 is 35.2 Å². The molecule has 2 aromatic heterocycles. The summed E-state index contributed by atoms with van der Waals surface area (Å²) in [7, 11) is 0. The predicted molar refractivity (Wildman–Crippen MR) is 184 cm³/mol. The second-order valence-corrected chi connectivity index (χ2v) is 15.3. The number of rotatable bonds is 6. The van der Waals surface area contributed by atoms with Crippen molar-refractivity contribution < 1.29 is 28.7 Å². The van der Waals surface area contributed by atoms with Crippen molar-refractivity contribution in [2.45, 2.75) is 112 Å². The van der Waals surface area contributed by atoms with E-state index >= 15 is 0 Å². The van der Waals surface area contributed by atoms with Crippen molar-refractivity contribution in [3.05, 3.63) is 46.6 Å². The molecule has 47 heavy (non-hydrogen) atoms. The number of piperidine rings is 1. The monoisotopic (exact) mass is 665 g/mol. The SMILES string of the molecule is CCCCc1nc2cc([C@H]3CC[C@H](C)CN3C(=O)C(=O)Nc3cnc(N(C(=O)OC(C)(C)C)C(=O)OC(C)(C)C)c(C)c3)ccc2s1. The van der Waals surface area contributed by atoms with Gasteiger partial charge in [-0.25, -0.2) is 19.6 Å². The zero-order chi connectivity index (χ0) is 34.7. The summed E-state index contributed by atoms with van der Waals surface area (Å²) < 4.78 is 12.0. The fourth-order valence-corrected chi connectivity index (χ4v) is 6.40. The molecule has 1 aromatic carbocycles. The highest BCUT2D eigenvalue weighted by Gasteiger charge is 2.36. The topological polar surface area (TPSA) is 131 Å². The van der Waals surface area contributed by atoms with Crippen molar-refractivity contribution in [1.82, 2.24) is 14.9 Å². The number of hydrogen-bond acceptors (Lipinski definition) is 9. The first-order valence-corrected chi connectivity index (χ1v) is 17.0. The van der Waals surface area contributed by atoms with E-state index in [1.54, 1.807) is 64.7 Å². The average Bonchev–Trinajstić information content (AvgIpc) is 3.37. The summed E-state index contributed by atoms with van der Waals surface area (Å²) in [5, 5.41) is 3.78. The lowest BCUT2D eigenvalue weighted by atomic mass is 9.89. The number of unbranched alkanes of at least 4 members (excludes halogenated alkanes) is 1. The van der Waals surface area contributed by atoms with E-state index in [0.29, 0.717) is 12.1 Å². The van der Waals surface area contributed by atoms with Crippen LogP contribution in [0.5, 0.6) is 0 Å². The van der Waals surface area contributed by atoms with Gasteiger partial charge in [0.05, 0.1) is 33.2 Å². The van der Waals surface area contributed by atoms with Crippen LogP contribution in [0.3, 0.4) is 0 Å². The zero-order valence-corrected chi connectivity index (χ0v) is 29.7. The van der Waals surface area contributed by atoms with E-state index in [0.717, 1.165) is 57.8 Å². The number of carbonyl (C=O) groups excluding carboxylic acids is 4. The molecule has 2 atom stereocenters. The number of carbonyl (C=O) groups is 4. The van der Waals surface area contributed by atoms with Crippen LogP contribution in [0.15, 0.2) is 30.5 Å². The second-order valence-electron chi connectivity index (χ2n) is 14.2. The number of pyridine rings is 1. The summed E-state index contributed by atoms with van der Waals surface area (Å²) in [4.78, 5) is 64.8. The fourth-order valence-electron chi connectivity index (χ4n) is 5.41. The molecule has 0 bridgehead atoms. The Kier molecular flexibility index (Phi) is 10.9. The first-order valence-electron chi connectivity index (χ1n) is 16.2. The van der Waals surface area contributed by atoms with Crippen molar-refractivity contribution in [3.63, 3.8) is 0 Å². The average molecular weight is 666 g/mol. The Morgan fingerprint density at radius 2 is 1.68 bits per heavy atom. The number of imide groups is 1. The first-order chi connectivity index (χ1) is 22.0. The number of aryl methyl sites for hydroxylation is 2. The Labute approximate surface area is 281 Å². The minimum absolute atomic E-state index is 0.0157. The van der Waals surface area contributed by atoms with Crippen LogP contribution in [0.2, 0.25) is 0 Å². The Bertz CT molecular complexity index is 1610. The fraction of sp³-hybridized carbons (Fsp3) is 0.543. The minimum Gasteiger partial charge on any atom is -0.443 e. The molecule has 0 aliphatic carbocycles. The van der Waals surface area contributed by atoms with Crippen LogP contribution in [0.25, 0.3) is 10.2 Å². The molecule has 11 nitrogen and oxygen atoms in total. The molecule has 1 aliphatic heterocycles. The zero-order valence-electron chi connectivity index (χ0n) is 28.9. The van der Waals surface area contributed by atoms with Crippen LogP contribution in [0.4, 0.5) is 21.1 Å². The molecular formula is C35H47N5O6S. The van der Waals surface area contributed by atoms with Gasteiger partial charge in [0, 0.05) is 6.54 Å². The van der Waals surface area contributed by atoms with E-state index in [4.69, 9.17) is 14.5 Å². The van der Waals surface area contributed by atoms with Gasteiger partial charge in [0.2, 0.25) is 0 Å². The predicted octanol–water partition coefficient (Wildman–Crippen LogP) is 7.96. The Balaban J connectivity index is 1.54. The highest BCUT2D eigenvalue weighted by Crippen LogP contribution is 2.36. The van der Waals surface area contributed by atoms with Gasteiger partial charge in [-0.05, 0) is 109 Å². The Hall–Kier alpha value is -4.06. The van der Waals surface area contributed by atoms with Gasteiger partial charge < -0.3 is 19.7 Å². The molecule has 254 valence electrons. The van der Waals surface area contributed by atoms with Gasteiger partial charge in [0.1, 0.15) is 11.2 Å². The van der Waals surface area contributed by atoms with Crippen LogP contribution in [-0.4, -0.2) is 56.6 Å². The number of amides is 4. The summed E-state index contributed by atoms with van der Waals surface area (Å²) in [6.45, 7) is 16.4. The first kappa shape index (κ1) is 35.8. The number of nitrogens with one attached hydrogen (secondary N) is 1. The lowest BCUT2D eigenvalue weighted by molar-refractivity contribution is -0.146. The van der Waals surface area contributed by atoms with Gasteiger partial charge in [-0.15, -0.1) is 11.3 Å². The van der Waals surface area contributed by atoms with Crippen molar-refractivity contribution >= 4 is 57.1 Å². The maximum atomic E-state index is 13.7. The number of nitrogens with zero attached hydrogens (tertiary/aromatic N) is 4. The number of anilines is 2. The van der Waals surface area contributed by atoms with Crippen LogP contribution in [-0.2, 0) is 25.5 Å². The minimum atomic E-state index is -0.951. The largest absolute Gasteiger partial charge is 0.443 e. The molecular weight excluding hydrogens is 618 g/mol. The maximum Gasteiger partial charge on any atom is 0.425 e.